The molecule has 1 amide bonds. The van der Waals surface area contributed by atoms with Gasteiger partial charge in [-0.25, -0.2) is 4.79 Å². The highest BCUT2D eigenvalue weighted by atomic mass is 35.5. The SMILES string of the molecule is COC(=O)c1sccc1NC(=O)COc1ccc([N+](=O)[O-])cc1Cl. The Balaban J connectivity index is 1.98. The topological polar surface area (TPSA) is 108 Å². The lowest BCUT2D eigenvalue weighted by Gasteiger charge is -2.08. The first kappa shape index (κ1) is 17.7. The number of ether oxygens (including phenoxy) is 2. The number of carbonyl (C=O) groups is 2. The van der Waals surface area contributed by atoms with E-state index >= 15 is 0 Å². The van der Waals surface area contributed by atoms with Gasteiger partial charge in [-0.2, -0.15) is 0 Å². The standard InChI is InChI=1S/C14H11ClN2O6S/c1-22-14(19)13-10(4-5-24-13)16-12(18)7-23-11-3-2-8(17(20)21)6-9(11)15/h2-6H,7H2,1H3,(H,16,18). The van der Waals surface area contributed by atoms with Gasteiger partial charge in [0, 0.05) is 12.1 Å². The van der Waals surface area contributed by atoms with Gasteiger partial charge in [0.15, 0.2) is 6.61 Å². The van der Waals surface area contributed by atoms with Crippen molar-refractivity contribution in [1.29, 1.82) is 0 Å². The number of hydrogen-bond donors (Lipinski definition) is 1. The summed E-state index contributed by atoms with van der Waals surface area (Å²) in [5, 5.41) is 14.8. The Hall–Kier alpha value is -2.65. The van der Waals surface area contributed by atoms with Crippen molar-refractivity contribution in [2.24, 2.45) is 0 Å². The van der Waals surface area contributed by atoms with Crippen LogP contribution in [0.4, 0.5) is 11.4 Å². The Labute approximate surface area is 145 Å². The number of nitro groups is 1. The van der Waals surface area contributed by atoms with E-state index in [-0.39, 0.29) is 27.9 Å². The number of nitro benzene ring substituents is 1. The molecule has 0 aliphatic heterocycles. The molecule has 0 unspecified atom stereocenters. The van der Waals surface area contributed by atoms with Crippen LogP contribution in [0.15, 0.2) is 29.6 Å². The van der Waals surface area contributed by atoms with Gasteiger partial charge in [0.1, 0.15) is 10.6 Å². The van der Waals surface area contributed by atoms with Gasteiger partial charge in [0.25, 0.3) is 11.6 Å². The van der Waals surface area contributed by atoms with Crippen LogP contribution in [0.1, 0.15) is 9.67 Å². The first-order chi connectivity index (χ1) is 11.4. The third kappa shape index (κ3) is 4.21. The number of non-ortho nitro benzene ring substituents is 1. The largest absolute Gasteiger partial charge is 0.482 e. The summed E-state index contributed by atoms with van der Waals surface area (Å²) in [5.41, 5.74) is 0.132. The number of halogens is 1. The van der Waals surface area contributed by atoms with Gasteiger partial charge in [-0.3, -0.25) is 14.9 Å². The molecule has 0 bridgehead atoms. The maximum atomic E-state index is 11.9. The minimum Gasteiger partial charge on any atom is -0.482 e. The molecule has 2 rings (SSSR count). The molecular formula is C14H11ClN2O6S. The molecule has 0 atom stereocenters. The van der Waals surface area contributed by atoms with Gasteiger partial charge >= 0.3 is 5.97 Å². The maximum Gasteiger partial charge on any atom is 0.350 e. The van der Waals surface area contributed by atoms with Crippen LogP contribution in [0.3, 0.4) is 0 Å². The molecule has 1 N–H and O–H groups in total. The number of thiophene rings is 1. The van der Waals surface area contributed by atoms with E-state index in [0.717, 1.165) is 17.4 Å². The highest BCUT2D eigenvalue weighted by Gasteiger charge is 2.16. The van der Waals surface area contributed by atoms with Crippen LogP contribution in [0.2, 0.25) is 5.02 Å². The number of nitrogens with zero attached hydrogens (tertiary/aromatic N) is 1. The van der Waals surface area contributed by atoms with Crippen LogP contribution in [0, 0.1) is 10.1 Å². The zero-order valence-corrected chi connectivity index (χ0v) is 13.8. The zero-order valence-electron chi connectivity index (χ0n) is 12.3. The zero-order chi connectivity index (χ0) is 17.7. The van der Waals surface area contributed by atoms with Gasteiger partial charge < -0.3 is 14.8 Å². The van der Waals surface area contributed by atoms with E-state index in [1.807, 2.05) is 0 Å². The van der Waals surface area contributed by atoms with Crippen molar-refractivity contribution in [2.75, 3.05) is 19.0 Å². The molecule has 0 spiro atoms. The number of benzene rings is 1. The molecule has 0 aliphatic rings. The number of methoxy groups -OCH3 is 1. The Kier molecular flexibility index (Phi) is 5.72. The Morgan fingerprint density at radius 1 is 1.38 bits per heavy atom. The van der Waals surface area contributed by atoms with E-state index in [1.165, 1.54) is 19.2 Å². The maximum absolute atomic E-state index is 11.9. The third-order valence-corrected chi connectivity index (χ3v) is 3.98. The van der Waals surface area contributed by atoms with Crippen LogP contribution in [-0.4, -0.2) is 30.5 Å². The summed E-state index contributed by atoms with van der Waals surface area (Å²) in [4.78, 5) is 33.7. The molecular weight excluding hydrogens is 360 g/mol. The second kappa shape index (κ2) is 7.75. The summed E-state index contributed by atoms with van der Waals surface area (Å²) in [6.07, 6.45) is 0. The van der Waals surface area contributed by atoms with Gasteiger partial charge in [-0.05, 0) is 17.5 Å². The van der Waals surface area contributed by atoms with E-state index in [9.17, 15) is 19.7 Å². The Morgan fingerprint density at radius 3 is 2.75 bits per heavy atom. The molecule has 1 aromatic heterocycles. The Morgan fingerprint density at radius 2 is 2.12 bits per heavy atom. The average molecular weight is 371 g/mol. The van der Waals surface area contributed by atoms with Crippen molar-refractivity contribution in [1.82, 2.24) is 0 Å². The lowest BCUT2D eigenvalue weighted by molar-refractivity contribution is -0.384. The van der Waals surface area contributed by atoms with E-state index in [1.54, 1.807) is 11.4 Å². The first-order valence-corrected chi connectivity index (χ1v) is 7.70. The lowest BCUT2D eigenvalue weighted by Crippen LogP contribution is -2.21. The van der Waals surface area contributed by atoms with Crippen molar-refractivity contribution in [3.63, 3.8) is 0 Å². The quantitative estimate of drug-likeness (QED) is 0.475. The van der Waals surface area contributed by atoms with E-state index < -0.39 is 16.8 Å². The van der Waals surface area contributed by atoms with E-state index in [0.29, 0.717) is 5.69 Å². The predicted molar refractivity (Wildman–Crippen MR) is 87.9 cm³/mol. The fourth-order valence-electron chi connectivity index (χ4n) is 1.71. The van der Waals surface area contributed by atoms with E-state index in [4.69, 9.17) is 16.3 Å². The molecule has 0 aliphatic carbocycles. The third-order valence-electron chi connectivity index (χ3n) is 2.80. The summed E-state index contributed by atoms with van der Waals surface area (Å²) in [6.45, 7) is -0.381. The number of amides is 1. The van der Waals surface area contributed by atoms with Crippen LogP contribution in [-0.2, 0) is 9.53 Å². The van der Waals surface area contributed by atoms with Gasteiger partial charge in [-0.1, -0.05) is 11.6 Å². The van der Waals surface area contributed by atoms with Crippen molar-refractivity contribution < 1.29 is 24.0 Å². The number of carbonyl (C=O) groups excluding carboxylic acids is 2. The summed E-state index contributed by atoms with van der Waals surface area (Å²) < 4.78 is 9.84. The van der Waals surface area contributed by atoms with Gasteiger partial charge in [-0.15, -0.1) is 11.3 Å². The van der Waals surface area contributed by atoms with Crippen molar-refractivity contribution >= 4 is 46.2 Å². The number of hydrogen-bond acceptors (Lipinski definition) is 7. The molecule has 1 aromatic carbocycles. The molecule has 0 fully saturated rings. The predicted octanol–water partition coefficient (Wildman–Crippen LogP) is 3.11. The fraction of sp³-hybridized carbons (Fsp3) is 0.143. The smallest absolute Gasteiger partial charge is 0.350 e. The average Bonchev–Trinajstić information content (AvgIpc) is 3.00. The number of rotatable bonds is 6. The molecule has 126 valence electrons. The second-order valence-corrected chi connectivity index (χ2v) is 5.69. The van der Waals surface area contributed by atoms with Gasteiger partial charge in [0.2, 0.25) is 0 Å². The molecule has 0 radical (unpaired) electrons. The monoisotopic (exact) mass is 370 g/mol. The summed E-state index contributed by atoms with van der Waals surface area (Å²) >= 11 is 6.99. The highest BCUT2D eigenvalue weighted by Crippen LogP contribution is 2.28. The molecule has 0 saturated heterocycles. The first-order valence-electron chi connectivity index (χ1n) is 6.44. The summed E-state index contributed by atoms with van der Waals surface area (Å²) in [5.74, 6) is -0.941. The minimum absolute atomic E-state index is 0.0165. The van der Waals surface area contributed by atoms with E-state index in [2.05, 4.69) is 10.1 Å². The van der Waals surface area contributed by atoms with Crippen LogP contribution < -0.4 is 10.1 Å². The van der Waals surface area contributed by atoms with Gasteiger partial charge in [0.05, 0.1) is 22.7 Å². The summed E-state index contributed by atoms with van der Waals surface area (Å²) in [6, 6.07) is 5.21. The fourth-order valence-corrected chi connectivity index (χ4v) is 2.70. The van der Waals surface area contributed by atoms with Crippen molar-refractivity contribution in [3.05, 3.63) is 49.7 Å². The van der Waals surface area contributed by atoms with Crippen LogP contribution in [0.5, 0.6) is 5.75 Å². The normalized spacial score (nSPS) is 10.1. The molecule has 8 nitrogen and oxygen atoms in total. The minimum atomic E-state index is -0.590. The lowest BCUT2D eigenvalue weighted by atomic mass is 10.3. The Bertz CT molecular complexity index is 791. The van der Waals surface area contributed by atoms with Crippen LogP contribution in [0.25, 0.3) is 0 Å². The highest BCUT2D eigenvalue weighted by molar-refractivity contribution is 7.12. The molecule has 2 aromatic rings. The molecule has 24 heavy (non-hydrogen) atoms. The summed E-state index contributed by atoms with van der Waals surface area (Å²) in [7, 11) is 1.24. The van der Waals surface area contributed by atoms with Crippen LogP contribution >= 0.6 is 22.9 Å². The molecule has 1 heterocycles. The second-order valence-electron chi connectivity index (χ2n) is 4.36. The number of esters is 1. The molecule has 10 heteroatoms. The molecule has 0 saturated carbocycles. The van der Waals surface area contributed by atoms with Crippen molar-refractivity contribution in [3.8, 4) is 5.75 Å². The number of anilines is 1. The number of nitrogens with one attached hydrogen (secondary N) is 1. The van der Waals surface area contributed by atoms with Crippen molar-refractivity contribution in [2.45, 2.75) is 0 Å².